The fraction of sp³-hybridized carbons (Fsp3) is 0.263. The molecule has 2 N–H and O–H groups in total. The summed E-state index contributed by atoms with van der Waals surface area (Å²) in [5, 5.41) is 5.69. The van der Waals surface area contributed by atoms with Gasteiger partial charge in [0.25, 0.3) is 0 Å². The van der Waals surface area contributed by atoms with Crippen molar-refractivity contribution in [2.75, 3.05) is 24.9 Å². The lowest BCUT2D eigenvalue weighted by Gasteiger charge is -2.11. The summed E-state index contributed by atoms with van der Waals surface area (Å²) in [7, 11) is 3.13. The Balaban J connectivity index is 1.70. The lowest BCUT2D eigenvalue weighted by molar-refractivity contribution is -0.117. The van der Waals surface area contributed by atoms with Gasteiger partial charge in [0.15, 0.2) is 11.5 Å². The normalized spacial score (nSPS) is 15.3. The second-order valence-electron chi connectivity index (χ2n) is 5.93. The van der Waals surface area contributed by atoms with Crippen LogP contribution in [0.25, 0.3) is 0 Å². The molecule has 0 saturated heterocycles. The summed E-state index contributed by atoms with van der Waals surface area (Å²) in [5.74, 6) is 0.832. The lowest BCUT2D eigenvalue weighted by Crippen LogP contribution is -2.14. The molecule has 2 aromatic rings. The zero-order chi connectivity index (χ0) is 18.0. The molecule has 0 spiro atoms. The molecule has 3 rings (SSSR count). The SMILES string of the molecule is COc1ccc(CC(=O)Nc2ccc3c(c2)C(C)C(=O)N3)cc1OC. The van der Waals surface area contributed by atoms with E-state index in [0.29, 0.717) is 17.2 Å². The van der Waals surface area contributed by atoms with Crippen molar-refractivity contribution in [2.24, 2.45) is 0 Å². The van der Waals surface area contributed by atoms with E-state index >= 15 is 0 Å². The van der Waals surface area contributed by atoms with Crippen LogP contribution in [-0.2, 0) is 16.0 Å². The Kier molecular flexibility index (Phi) is 4.61. The van der Waals surface area contributed by atoms with Gasteiger partial charge in [0, 0.05) is 11.4 Å². The van der Waals surface area contributed by atoms with Crippen molar-refractivity contribution in [3.8, 4) is 11.5 Å². The molecule has 1 heterocycles. The molecule has 0 aliphatic carbocycles. The Bertz CT molecular complexity index is 832. The first-order valence-electron chi connectivity index (χ1n) is 7.97. The maximum Gasteiger partial charge on any atom is 0.231 e. The van der Waals surface area contributed by atoms with Crippen molar-refractivity contribution in [2.45, 2.75) is 19.3 Å². The molecule has 130 valence electrons. The molecular formula is C19H20N2O4. The molecule has 1 aliphatic heterocycles. The minimum absolute atomic E-state index is 0.0243. The molecule has 0 saturated carbocycles. The Labute approximate surface area is 146 Å². The number of ether oxygens (including phenoxy) is 2. The molecule has 2 amide bonds. The van der Waals surface area contributed by atoms with Crippen LogP contribution in [-0.4, -0.2) is 26.0 Å². The fourth-order valence-corrected chi connectivity index (χ4v) is 2.88. The molecule has 6 nitrogen and oxygen atoms in total. The molecular weight excluding hydrogens is 320 g/mol. The monoisotopic (exact) mass is 340 g/mol. The molecule has 2 aromatic carbocycles. The van der Waals surface area contributed by atoms with Crippen LogP contribution in [0.1, 0.15) is 24.0 Å². The van der Waals surface area contributed by atoms with Crippen LogP contribution in [0.5, 0.6) is 11.5 Å². The third kappa shape index (κ3) is 3.42. The number of anilines is 2. The highest BCUT2D eigenvalue weighted by Gasteiger charge is 2.26. The first-order chi connectivity index (χ1) is 12.0. The predicted octanol–water partition coefficient (Wildman–Crippen LogP) is 2.94. The molecule has 1 aliphatic rings. The number of benzene rings is 2. The van der Waals surface area contributed by atoms with Gasteiger partial charge in [-0.2, -0.15) is 0 Å². The molecule has 1 atom stereocenters. The van der Waals surface area contributed by atoms with Gasteiger partial charge in [-0.25, -0.2) is 0 Å². The van der Waals surface area contributed by atoms with Gasteiger partial charge in [-0.3, -0.25) is 9.59 Å². The zero-order valence-corrected chi connectivity index (χ0v) is 14.4. The summed E-state index contributed by atoms with van der Waals surface area (Å²) < 4.78 is 10.4. The van der Waals surface area contributed by atoms with Crippen molar-refractivity contribution >= 4 is 23.2 Å². The van der Waals surface area contributed by atoms with Gasteiger partial charge in [0.05, 0.1) is 26.6 Å². The molecule has 0 fully saturated rings. The second-order valence-corrected chi connectivity index (χ2v) is 5.93. The van der Waals surface area contributed by atoms with Gasteiger partial charge in [0.1, 0.15) is 0 Å². The average molecular weight is 340 g/mol. The summed E-state index contributed by atoms with van der Waals surface area (Å²) in [6.45, 7) is 1.84. The van der Waals surface area contributed by atoms with E-state index in [0.717, 1.165) is 16.8 Å². The number of hydrogen-bond donors (Lipinski definition) is 2. The summed E-state index contributed by atoms with van der Waals surface area (Å²) in [6.07, 6.45) is 0.212. The van der Waals surface area contributed by atoms with Crippen LogP contribution >= 0.6 is 0 Å². The fourth-order valence-electron chi connectivity index (χ4n) is 2.88. The van der Waals surface area contributed by atoms with Crippen LogP contribution < -0.4 is 20.1 Å². The summed E-state index contributed by atoms with van der Waals surface area (Å²) in [4.78, 5) is 24.0. The number of fused-ring (bicyclic) bond motifs is 1. The van der Waals surface area contributed by atoms with Gasteiger partial charge in [-0.1, -0.05) is 6.07 Å². The molecule has 6 heteroatoms. The van der Waals surface area contributed by atoms with E-state index in [4.69, 9.17) is 9.47 Å². The van der Waals surface area contributed by atoms with Crippen LogP contribution in [0.4, 0.5) is 11.4 Å². The van der Waals surface area contributed by atoms with E-state index in [1.165, 1.54) is 0 Å². The third-order valence-corrected chi connectivity index (χ3v) is 4.27. The zero-order valence-electron chi connectivity index (χ0n) is 14.4. The van der Waals surface area contributed by atoms with Crippen LogP contribution in [0.15, 0.2) is 36.4 Å². The number of nitrogens with one attached hydrogen (secondary N) is 2. The standard InChI is InChI=1S/C19H20N2O4/c1-11-14-10-13(5-6-15(14)21-19(11)23)20-18(22)9-12-4-7-16(24-2)17(8-12)25-3/h4-8,10-11H,9H2,1-3H3,(H,20,22)(H,21,23). The van der Waals surface area contributed by atoms with Crippen molar-refractivity contribution in [1.29, 1.82) is 0 Å². The lowest BCUT2D eigenvalue weighted by atomic mass is 10.0. The predicted molar refractivity (Wildman–Crippen MR) is 95.4 cm³/mol. The third-order valence-electron chi connectivity index (χ3n) is 4.27. The number of amides is 2. The molecule has 0 aromatic heterocycles. The van der Waals surface area contributed by atoms with Gasteiger partial charge >= 0.3 is 0 Å². The first-order valence-corrected chi connectivity index (χ1v) is 7.97. The molecule has 1 unspecified atom stereocenters. The Morgan fingerprint density at radius 3 is 2.60 bits per heavy atom. The minimum Gasteiger partial charge on any atom is -0.493 e. The maximum atomic E-state index is 12.3. The summed E-state index contributed by atoms with van der Waals surface area (Å²) >= 11 is 0. The van der Waals surface area contributed by atoms with Crippen molar-refractivity contribution in [3.63, 3.8) is 0 Å². The molecule has 25 heavy (non-hydrogen) atoms. The molecule has 0 radical (unpaired) electrons. The van der Waals surface area contributed by atoms with Crippen molar-refractivity contribution in [3.05, 3.63) is 47.5 Å². The highest BCUT2D eigenvalue weighted by Crippen LogP contribution is 2.34. The van der Waals surface area contributed by atoms with Crippen LogP contribution in [0.3, 0.4) is 0 Å². The topological polar surface area (TPSA) is 76.7 Å². The Morgan fingerprint density at radius 1 is 1.12 bits per heavy atom. The highest BCUT2D eigenvalue weighted by atomic mass is 16.5. The summed E-state index contributed by atoms with van der Waals surface area (Å²) in [6, 6.07) is 10.8. The van der Waals surface area contributed by atoms with Crippen molar-refractivity contribution < 1.29 is 19.1 Å². The van der Waals surface area contributed by atoms with Gasteiger partial charge in [0.2, 0.25) is 11.8 Å². The van der Waals surface area contributed by atoms with Gasteiger partial charge < -0.3 is 20.1 Å². The number of rotatable bonds is 5. The van der Waals surface area contributed by atoms with Gasteiger partial charge in [-0.15, -0.1) is 0 Å². The van der Waals surface area contributed by atoms with E-state index in [1.54, 1.807) is 32.4 Å². The largest absolute Gasteiger partial charge is 0.493 e. The molecule has 0 bridgehead atoms. The number of carbonyl (C=O) groups is 2. The smallest absolute Gasteiger partial charge is 0.231 e. The maximum absolute atomic E-state index is 12.3. The number of methoxy groups -OCH3 is 2. The summed E-state index contributed by atoms with van der Waals surface area (Å²) in [5.41, 5.74) is 3.19. The second kappa shape index (κ2) is 6.84. The highest BCUT2D eigenvalue weighted by molar-refractivity contribution is 6.03. The average Bonchev–Trinajstić information content (AvgIpc) is 2.89. The van der Waals surface area contributed by atoms with Gasteiger partial charge in [-0.05, 0) is 48.4 Å². The van der Waals surface area contributed by atoms with E-state index in [-0.39, 0.29) is 24.2 Å². The number of carbonyl (C=O) groups excluding carboxylic acids is 2. The van der Waals surface area contributed by atoms with Crippen LogP contribution in [0, 0.1) is 0 Å². The minimum atomic E-state index is -0.210. The Morgan fingerprint density at radius 2 is 1.88 bits per heavy atom. The van der Waals surface area contributed by atoms with E-state index in [9.17, 15) is 9.59 Å². The first kappa shape index (κ1) is 16.8. The number of hydrogen-bond acceptors (Lipinski definition) is 4. The van der Waals surface area contributed by atoms with Crippen molar-refractivity contribution in [1.82, 2.24) is 0 Å². The van der Waals surface area contributed by atoms with Crippen LogP contribution in [0.2, 0.25) is 0 Å². The van der Waals surface area contributed by atoms with E-state index in [1.807, 2.05) is 25.1 Å². The van der Waals surface area contributed by atoms with E-state index in [2.05, 4.69) is 10.6 Å². The van der Waals surface area contributed by atoms with E-state index < -0.39 is 0 Å². The quantitative estimate of drug-likeness (QED) is 0.877. The Hall–Kier alpha value is -3.02.